The highest BCUT2D eigenvalue weighted by Crippen LogP contribution is 2.19. The van der Waals surface area contributed by atoms with E-state index in [4.69, 9.17) is 10.2 Å². The maximum Gasteiger partial charge on any atom is 0.0935 e. The van der Waals surface area contributed by atoms with E-state index in [1.54, 1.807) is 24.7 Å². The van der Waals surface area contributed by atoms with Gasteiger partial charge in [0, 0.05) is 12.1 Å². The molecule has 0 radical (unpaired) electrons. The molecule has 0 amide bonds. The van der Waals surface area contributed by atoms with E-state index in [1.165, 1.54) is 0 Å². The molecule has 1 unspecified atom stereocenters. The Hall–Kier alpha value is -1.74. The molecular formula is C12H13NO2. The molecule has 3 N–H and O–H groups in total. The number of nitrogen functional groups attached to an aromatic ring is 1. The third-order valence-corrected chi connectivity index (χ3v) is 2.33. The van der Waals surface area contributed by atoms with Gasteiger partial charge in [-0.05, 0) is 29.3 Å². The van der Waals surface area contributed by atoms with E-state index >= 15 is 0 Å². The summed E-state index contributed by atoms with van der Waals surface area (Å²) in [7, 11) is 0. The number of hydrogen-bond donors (Lipinski definition) is 2. The van der Waals surface area contributed by atoms with E-state index in [0.717, 1.165) is 11.1 Å². The third-order valence-electron chi connectivity index (χ3n) is 2.33. The number of aliphatic hydroxyl groups excluding tert-OH is 1. The molecule has 3 heteroatoms. The van der Waals surface area contributed by atoms with Crippen LogP contribution in [-0.2, 0) is 6.42 Å². The lowest BCUT2D eigenvalue weighted by Gasteiger charge is -2.09. The maximum absolute atomic E-state index is 9.90. The van der Waals surface area contributed by atoms with Gasteiger partial charge < -0.3 is 15.3 Å². The van der Waals surface area contributed by atoms with Gasteiger partial charge >= 0.3 is 0 Å². The second-order valence-corrected chi connectivity index (χ2v) is 3.52. The van der Waals surface area contributed by atoms with Gasteiger partial charge in [0.2, 0.25) is 0 Å². The van der Waals surface area contributed by atoms with Crippen molar-refractivity contribution in [3.05, 3.63) is 54.0 Å². The molecule has 15 heavy (non-hydrogen) atoms. The molecular weight excluding hydrogens is 190 g/mol. The molecule has 1 atom stereocenters. The first-order valence-corrected chi connectivity index (χ1v) is 4.80. The number of rotatable bonds is 3. The molecule has 2 aromatic rings. The number of anilines is 1. The standard InChI is InChI=1S/C12H13NO2/c13-11-3-1-10(2-4-11)12(14)7-9-5-6-15-8-9/h1-6,8,12,14H,7,13H2. The zero-order valence-corrected chi connectivity index (χ0v) is 8.26. The first-order chi connectivity index (χ1) is 7.25. The van der Waals surface area contributed by atoms with Crippen molar-refractivity contribution >= 4 is 5.69 Å². The summed E-state index contributed by atoms with van der Waals surface area (Å²) in [5, 5.41) is 9.90. The summed E-state index contributed by atoms with van der Waals surface area (Å²) in [4.78, 5) is 0. The van der Waals surface area contributed by atoms with Crippen molar-refractivity contribution in [2.45, 2.75) is 12.5 Å². The largest absolute Gasteiger partial charge is 0.472 e. The van der Waals surface area contributed by atoms with Crippen molar-refractivity contribution in [2.24, 2.45) is 0 Å². The Morgan fingerprint density at radius 2 is 1.93 bits per heavy atom. The van der Waals surface area contributed by atoms with Gasteiger partial charge in [0.25, 0.3) is 0 Å². The Kier molecular flexibility index (Phi) is 2.74. The summed E-state index contributed by atoms with van der Waals surface area (Å²) in [5.74, 6) is 0. The number of aliphatic hydroxyl groups is 1. The normalized spacial score (nSPS) is 12.6. The summed E-state index contributed by atoms with van der Waals surface area (Å²) in [6, 6.07) is 9.09. The Bertz CT molecular complexity index is 406. The molecule has 1 aromatic carbocycles. The van der Waals surface area contributed by atoms with Gasteiger partial charge in [0.05, 0.1) is 18.6 Å². The molecule has 0 aliphatic heterocycles. The minimum atomic E-state index is -0.511. The van der Waals surface area contributed by atoms with E-state index in [-0.39, 0.29) is 0 Å². The summed E-state index contributed by atoms with van der Waals surface area (Å²) >= 11 is 0. The fourth-order valence-electron chi connectivity index (χ4n) is 1.47. The molecule has 1 heterocycles. The van der Waals surface area contributed by atoms with E-state index in [9.17, 15) is 5.11 Å². The third kappa shape index (κ3) is 2.39. The van der Waals surface area contributed by atoms with E-state index in [2.05, 4.69) is 0 Å². The lowest BCUT2D eigenvalue weighted by Crippen LogP contribution is -2.01. The number of furan rings is 1. The predicted octanol–water partition coefficient (Wildman–Crippen LogP) is 2.14. The van der Waals surface area contributed by atoms with Gasteiger partial charge in [-0.25, -0.2) is 0 Å². The smallest absolute Gasteiger partial charge is 0.0935 e. The van der Waals surface area contributed by atoms with Gasteiger partial charge in [-0.1, -0.05) is 12.1 Å². The van der Waals surface area contributed by atoms with Crippen LogP contribution >= 0.6 is 0 Å². The summed E-state index contributed by atoms with van der Waals surface area (Å²) in [6.07, 6.45) is 3.29. The lowest BCUT2D eigenvalue weighted by atomic mass is 10.0. The van der Waals surface area contributed by atoms with Crippen molar-refractivity contribution in [3.8, 4) is 0 Å². The number of hydrogen-bond acceptors (Lipinski definition) is 3. The quantitative estimate of drug-likeness (QED) is 0.751. The van der Waals surface area contributed by atoms with Crippen LogP contribution in [0, 0.1) is 0 Å². The number of nitrogens with two attached hydrogens (primary N) is 1. The molecule has 0 aliphatic rings. The molecule has 78 valence electrons. The SMILES string of the molecule is Nc1ccc(C(O)Cc2ccoc2)cc1. The van der Waals surface area contributed by atoms with Crippen LogP contribution in [0.25, 0.3) is 0 Å². The van der Waals surface area contributed by atoms with Gasteiger partial charge in [-0.15, -0.1) is 0 Å². The first kappa shape index (κ1) is 9.80. The van der Waals surface area contributed by atoms with E-state index < -0.39 is 6.10 Å². The van der Waals surface area contributed by atoms with Gasteiger partial charge in [-0.2, -0.15) is 0 Å². The molecule has 0 aliphatic carbocycles. The van der Waals surface area contributed by atoms with Crippen LogP contribution in [0.15, 0.2) is 47.3 Å². The van der Waals surface area contributed by atoms with Crippen molar-refractivity contribution in [1.29, 1.82) is 0 Å². The summed E-state index contributed by atoms with van der Waals surface area (Å²) in [5.41, 5.74) is 8.12. The van der Waals surface area contributed by atoms with Gasteiger partial charge in [-0.3, -0.25) is 0 Å². The van der Waals surface area contributed by atoms with Crippen LogP contribution < -0.4 is 5.73 Å². The second-order valence-electron chi connectivity index (χ2n) is 3.52. The summed E-state index contributed by atoms with van der Waals surface area (Å²) < 4.78 is 4.94. The summed E-state index contributed by atoms with van der Waals surface area (Å²) in [6.45, 7) is 0. The topological polar surface area (TPSA) is 59.4 Å². The van der Waals surface area contributed by atoms with Crippen LogP contribution in [0.1, 0.15) is 17.2 Å². The van der Waals surface area contributed by atoms with Crippen LogP contribution in [0.4, 0.5) is 5.69 Å². The Morgan fingerprint density at radius 1 is 1.20 bits per heavy atom. The van der Waals surface area contributed by atoms with Crippen molar-refractivity contribution < 1.29 is 9.52 Å². The van der Waals surface area contributed by atoms with Crippen molar-refractivity contribution in [2.75, 3.05) is 5.73 Å². The highest BCUT2D eigenvalue weighted by molar-refractivity contribution is 5.40. The average Bonchev–Trinajstić information content (AvgIpc) is 2.71. The molecule has 0 spiro atoms. The van der Waals surface area contributed by atoms with Crippen LogP contribution in [0.3, 0.4) is 0 Å². The van der Waals surface area contributed by atoms with Crippen LogP contribution in [-0.4, -0.2) is 5.11 Å². The fourth-order valence-corrected chi connectivity index (χ4v) is 1.47. The molecule has 1 aromatic heterocycles. The first-order valence-electron chi connectivity index (χ1n) is 4.80. The Morgan fingerprint density at radius 3 is 2.53 bits per heavy atom. The van der Waals surface area contributed by atoms with Crippen LogP contribution in [0.2, 0.25) is 0 Å². The Labute approximate surface area is 88.1 Å². The fraction of sp³-hybridized carbons (Fsp3) is 0.167. The number of benzene rings is 1. The zero-order chi connectivity index (χ0) is 10.7. The Balaban J connectivity index is 2.08. The zero-order valence-electron chi connectivity index (χ0n) is 8.26. The second kappa shape index (κ2) is 4.19. The molecule has 3 nitrogen and oxygen atoms in total. The monoisotopic (exact) mass is 203 g/mol. The highest BCUT2D eigenvalue weighted by Gasteiger charge is 2.08. The molecule has 0 bridgehead atoms. The lowest BCUT2D eigenvalue weighted by molar-refractivity contribution is 0.178. The molecule has 0 saturated carbocycles. The average molecular weight is 203 g/mol. The minimum absolute atomic E-state index is 0.511. The van der Waals surface area contributed by atoms with Crippen LogP contribution in [0.5, 0.6) is 0 Å². The van der Waals surface area contributed by atoms with Gasteiger partial charge in [0.15, 0.2) is 0 Å². The van der Waals surface area contributed by atoms with Gasteiger partial charge in [0.1, 0.15) is 0 Å². The molecule has 2 rings (SSSR count). The van der Waals surface area contributed by atoms with Crippen molar-refractivity contribution in [1.82, 2.24) is 0 Å². The van der Waals surface area contributed by atoms with E-state index in [0.29, 0.717) is 12.1 Å². The van der Waals surface area contributed by atoms with E-state index in [1.807, 2.05) is 18.2 Å². The maximum atomic E-state index is 9.90. The predicted molar refractivity (Wildman–Crippen MR) is 58.2 cm³/mol. The minimum Gasteiger partial charge on any atom is -0.472 e. The molecule has 0 fully saturated rings. The highest BCUT2D eigenvalue weighted by atomic mass is 16.3. The van der Waals surface area contributed by atoms with Crippen molar-refractivity contribution in [3.63, 3.8) is 0 Å². The molecule has 0 saturated heterocycles.